The molecular formula is C11H13NO3. The number of carbonyl (C=O) groups excluding carboxylic acids is 2. The maximum Gasteiger partial charge on any atom is 0.315 e. The smallest absolute Gasteiger partial charge is 0.315 e. The molecule has 1 N–H and O–H groups in total. The minimum absolute atomic E-state index is 0.247. The highest BCUT2D eigenvalue weighted by atomic mass is 16.5. The van der Waals surface area contributed by atoms with Gasteiger partial charge < -0.3 is 10.1 Å². The topological polar surface area (TPSA) is 55.4 Å². The number of ether oxygens (including phenoxy) is 1. The molecule has 0 bridgehead atoms. The molecule has 0 atom stereocenters. The van der Waals surface area contributed by atoms with Gasteiger partial charge in [-0.15, -0.1) is 0 Å². The van der Waals surface area contributed by atoms with Crippen molar-refractivity contribution in [3.05, 3.63) is 30.3 Å². The lowest BCUT2D eigenvalue weighted by atomic mass is 10.3. The van der Waals surface area contributed by atoms with Gasteiger partial charge in [0, 0.05) is 5.69 Å². The molecule has 0 aliphatic heterocycles. The summed E-state index contributed by atoms with van der Waals surface area (Å²) in [6.45, 7) is 1.99. The van der Waals surface area contributed by atoms with Gasteiger partial charge in [0.2, 0.25) is 5.91 Å². The molecule has 1 rings (SSSR count). The quantitative estimate of drug-likeness (QED) is 0.602. The fourth-order valence-electron chi connectivity index (χ4n) is 1.07. The summed E-state index contributed by atoms with van der Waals surface area (Å²) in [7, 11) is 0. The number of para-hydroxylation sites is 1. The summed E-state index contributed by atoms with van der Waals surface area (Å²) in [6, 6.07) is 8.97. The van der Waals surface area contributed by atoms with E-state index >= 15 is 0 Å². The average Bonchev–Trinajstić information content (AvgIpc) is 2.19. The standard InChI is InChI=1S/C11H13NO3/c1-2-15-11(14)8-10(13)12-9-6-4-3-5-7-9/h3-7H,2,8H2,1H3,(H,12,13). The number of nitrogens with one attached hydrogen (secondary N) is 1. The zero-order chi connectivity index (χ0) is 11.1. The predicted octanol–water partition coefficient (Wildman–Crippen LogP) is 1.58. The second-order valence-corrected chi connectivity index (χ2v) is 2.90. The third-order valence-corrected chi connectivity index (χ3v) is 1.67. The summed E-state index contributed by atoms with van der Waals surface area (Å²) < 4.78 is 4.65. The van der Waals surface area contributed by atoms with Gasteiger partial charge in [-0.2, -0.15) is 0 Å². The first-order valence-corrected chi connectivity index (χ1v) is 4.73. The molecule has 0 spiro atoms. The lowest BCUT2D eigenvalue weighted by molar-refractivity contribution is -0.145. The van der Waals surface area contributed by atoms with Gasteiger partial charge in [0.1, 0.15) is 6.42 Å². The summed E-state index contributed by atoms with van der Waals surface area (Å²) in [6.07, 6.45) is -0.247. The summed E-state index contributed by atoms with van der Waals surface area (Å²) in [5, 5.41) is 2.59. The summed E-state index contributed by atoms with van der Waals surface area (Å²) in [4.78, 5) is 22.2. The fraction of sp³-hybridized carbons (Fsp3) is 0.273. The van der Waals surface area contributed by atoms with Crippen LogP contribution in [-0.4, -0.2) is 18.5 Å². The number of hydrogen-bond acceptors (Lipinski definition) is 3. The van der Waals surface area contributed by atoms with E-state index in [1.165, 1.54) is 0 Å². The third-order valence-electron chi connectivity index (χ3n) is 1.67. The molecular weight excluding hydrogens is 194 g/mol. The van der Waals surface area contributed by atoms with E-state index in [0.29, 0.717) is 5.69 Å². The summed E-state index contributed by atoms with van der Waals surface area (Å²) >= 11 is 0. The maximum absolute atomic E-state index is 11.3. The molecule has 0 aromatic heterocycles. The molecule has 0 saturated heterocycles. The molecule has 15 heavy (non-hydrogen) atoms. The minimum Gasteiger partial charge on any atom is -0.466 e. The van der Waals surface area contributed by atoms with Crippen LogP contribution in [0.1, 0.15) is 13.3 Å². The number of hydrogen-bond donors (Lipinski definition) is 1. The van der Waals surface area contributed by atoms with E-state index in [1.54, 1.807) is 31.2 Å². The highest BCUT2D eigenvalue weighted by Gasteiger charge is 2.09. The van der Waals surface area contributed by atoms with E-state index in [-0.39, 0.29) is 18.9 Å². The van der Waals surface area contributed by atoms with Crippen molar-refractivity contribution < 1.29 is 14.3 Å². The fourth-order valence-corrected chi connectivity index (χ4v) is 1.07. The molecule has 0 aliphatic carbocycles. The van der Waals surface area contributed by atoms with Crippen LogP contribution in [0.25, 0.3) is 0 Å². The molecule has 0 fully saturated rings. The second kappa shape index (κ2) is 5.80. The van der Waals surface area contributed by atoms with Crippen LogP contribution in [0, 0.1) is 0 Å². The van der Waals surface area contributed by atoms with Crippen LogP contribution < -0.4 is 5.32 Å². The van der Waals surface area contributed by atoms with Crippen molar-refractivity contribution in [3.63, 3.8) is 0 Å². The highest BCUT2D eigenvalue weighted by Crippen LogP contribution is 2.05. The van der Waals surface area contributed by atoms with E-state index in [1.807, 2.05) is 6.07 Å². The Morgan fingerprint density at radius 3 is 2.53 bits per heavy atom. The Balaban J connectivity index is 2.40. The lowest BCUT2D eigenvalue weighted by Gasteiger charge is -2.04. The minimum atomic E-state index is -0.508. The Bertz CT molecular complexity index is 335. The number of esters is 1. The van der Waals surface area contributed by atoms with E-state index in [2.05, 4.69) is 10.1 Å². The predicted molar refractivity (Wildman–Crippen MR) is 56.3 cm³/mol. The van der Waals surface area contributed by atoms with Crippen LogP contribution in [0.5, 0.6) is 0 Å². The van der Waals surface area contributed by atoms with Crippen molar-refractivity contribution in [1.29, 1.82) is 0 Å². The Kier molecular flexibility index (Phi) is 4.34. The van der Waals surface area contributed by atoms with Crippen LogP contribution in [0.15, 0.2) is 30.3 Å². The van der Waals surface area contributed by atoms with Crippen molar-refractivity contribution in [2.45, 2.75) is 13.3 Å². The van der Waals surface area contributed by atoms with Crippen LogP contribution in [-0.2, 0) is 14.3 Å². The normalized spacial score (nSPS) is 9.40. The van der Waals surface area contributed by atoms with Gasteiger partial charge >= 0.3 is 5.97 Å². The zero-order valence-electron chi connectivity index (χ0n) is 8.53. The molecule has 0 unspecified atom stereocenters. The first kappa shape index (κ1) is 11.2. The van der Waals surface area contributed by atoms with E-state index in [0.717, 1.165) is 0 Å². The number of benzene rings is 1. The van der Waals surface area contributed by atoms with Crippen LogP contribution in [0.3, 0.4) is 0 Å². The third kappa shape index (κ3) is 4.26. The van der Waals surface area contributed by atoms with Gasteiger partial charge in [0.05, 0.1) is 6.61 Å². The molecule has 1 aromatic rings. The average molecular weight is 207 g/mol. The zero-order valence-corrected chi connectivity index (χ0v) is 8.53. The monoisotopic (exact) mass is 207 g/mol. The second-order valence-electron chi connectivity index (χ2n) is 2.90. The van der Waals surface area contributed by atoms with Crippen molar-refractivity contribution in [2.24, 2.45) is 0 Å². The van der Waals surface area contributed by atoms with Crippen molar-refractivity contribution in [3.8, 4) is 0 Å². The van der Waals surface area contributed by atoms with Gasteiger partial charge in [-0.3, -0.25) is 9.59 Å². The molecule has 0 saturated carbocycles. The van der Waals surface area contributed by atoms with Crippen molar-refractivity contribution in [1.82, 2.24) is 0 Å². The summed E-state index contributed by atoms with van der Waals surface area (Å²) in [5.41, 5.74) is 0.673. The van der Waals surface area contributed by atoms with E-state index < -0.39 is 5.97 Å². The number of carbonyl (C=O) groups is 2. The Morgan fingerprint density at radius 1 is 1.27 bits per heavy atom. The van der Waals surface area contributed by atoms with Crippen LogP contribution >= 0.6 is 0 Å². The molecule has 4 nitrogen and oxygen atoms in total. The molecule has 1 amide bonds. The molecule has 1 aromatic carbocycles. The molecule has 4 heteroatoms. The molecule has 0 aliphatic rings. The van der Waals surface area contributed by atoms with Gasteiger partial charge in [-0.25, -0.2) is 0 Å². The van der Waals surface area contributed by atoms with Crippen LogP contribution in [0.2, 0.25) is 0 Å². The Morgan fingerprint density at radius 2 is 1.93 bits per heavy atom. The number of amides is 1. The van der Waals surface area contributed by atoms with Gasteiger partial charge in [-0.05, 0) is 19.1 Å². The maximum atomic E-state index is 11.3. The largest absolute Gasteiger partial charge is 0.466 e. The van der Waals surface area contributed by atoms with Gasteiger partial charge in [0.25, 0.3) is 0 Å². The van der Waals surface area contributed by atoms with Crippen molar-refractivity contribution in [2.75, 3.05) is 11.9 Å². The van der Waals surface area contributed by atoms with Crippen LogP contribution in [0.4, 0.5) is 5.69 Å². The first-order chi connectivity index (χ1) is 7.22. The van der Waals surface area contributed by atoms with Crippen molar-refractivity contribution >= 4 is 17.6 Å². The van der Waals surface area contributed by atoms with E-state index in [9.17, 15) is 9.59 Å². The van der Waals surface area contributed by atoms with Gasteiger partial charge in [0.15, 0.2) is 0 Å². The first-order valence-electron chi connectivity index (χ1n) is 4.73. The Labute approximate surface area is 88.2 Å². The molecule has 0 heterocycles. The molecule has 80 valence electrons. The molecule has 0 radical (unpaired) electrons. The number of anilines is 1. The Hall–Kier alpha value is -1.84. The lowest BCUT2D eigenvalue weighted by Crippen LogP contribution is -2.18. The summed E-state index contributed by atoms with van der Waals surface area (Å²) in [5.74, 6) is -0.870. The van der Waals surface area contributed by atoms with Gasteiger partial charge in [-0.1, -0.05) is 18.2 Å². The highest BCUT2D eigenvalue weighted by molar-refractivity contribution is 6.01. The number of rotatable bonds is 4. The van der Waals surface area contributed by atoms with E-state index in [4.69, 9.17) is 0 Å². The SMILES string of the molecule is CCOC(=O)CC(=O)Nc1ccccc1.